The minimum atomic E-state index is -0.689. The van der Waals surface area contributed by atoms with Crippen molar-refractivity contribution < 1.29 is 4.79 Å². The smallest absolute Gasteiger partial charge is 0.272 e. The van der Waals surface area contributed by atoms with Gasteiger partial charge in [-0.05, 0) is 11.6 Å². The first-order chi connectivity index (χ1) is 14.1. The zero-order chi connectivity index (χ0) is 21.7. The van der Waals surface area contributed by atoms with Crippen LogP contribution in [-0.2, 0) is 5.41 Å². The second-order valence-electron chi connectivity index (χ2n) is 8.89. The summed E-state index contributed by atoms with van der Waals surface area (Å²) >= 11 is 0. The van der Waals surface area contributed by atoms with Crippen LogP contribution >= 0.6 is 0 Å². The number of amides is 1. The summed E-state index contributed by atoms with van der Waals surface area (Å²) in [5.41, 5.74) is 3.55. The number of carbonyl (C=O) groups is 1. The SMILES string of the molecule is CN1C=C(c2ccc3c(c2)[N+]([O-])(c2cccc(C(=O)N(C)C)n2)CC3(C)C)C=NC1. The number of fused-ring (bicyclic) bond motifs is 1. The van der Waals surface area contributed by atoms with E-state index < -0.39 is 4.65 Å². The molecule has 1 aromatic heterocycles. The standard InChI is InChI=1S/C23H27N5O2/c1-23(2)14-28(30,21-8-6-7-19(25-21)22(29)26(3)4)20-11-16(9-10-18(20)23)17-12-24-15-27(5)13-17/h6-13H,14-15H2,1-5H3. The summed E-state index contributed by atoms with van der Waals surface area (Å²) in [6, 6.07) is 11.1. The highest BCUT2D eigenvalue weighted by Gasteiger charge is 2.46. The quantitative estimate of drug-likeness (QED) is 0.579. The van der Waals surface area contributed by atoms with Crippen molar-refractivity contribution in [1.82, 2.24) is 19.4 Å². The number of nitrogens with zero attached hydrogens (tertiary/aromatic N) is 5. The van der Waals surface area contributed by atoms with Crippen LogP contribution in [0.25, 0.3) is 5.57 Å². The molecule has 7 nitrogen and oxygen atoms in total. The van der Waals surface area contributed by atoms with E-state index in [4.69, 9.17) is 0 Å². The highest BCUT2D eigenvalue weighted by Crippen LogP contribution is 2.49. The van der Waals surface area contributed by atoms with E-state index in [0.29, 0.717) is 24.7 Å². The molecule has 0 radical (unpaired) electrons. The van der Waals surface area contributed by atoms with Gasteiger partial charge in [0.05, 0.1) is 6.54 Å². The fourth-order valence-corrected chi connectivity index (χ4v) is 4.22. The summed E-state index contributed by atoms with van der Waals surface area (Å²) in [5, 5.41) is 14.3. The summed E-state index contributed by atoms with van der Waals surface area (Å²) in [4.78, 5) is 24.7. The topological polar surface area (TPSA) is 71.9 Å². The molecular formula is C23H27N5O2. The van der Waals surface area contributed by atoms with Crippen LogP contribution in [0.4, 0.5) is 11.5 Å². The molecule has 0 saturated carbocycles. The van der Waals surface area contributed by atoms with E-state index in [1.165, 1.54) is 4.90 Å². The minimum Gasteiger partial charge on any atom is -0.621 e. The third-order valence-electron chi connectivity index (χ3n) is 5.69. The Morgan fingerprint density at radius 2 is 2.00 bits per heavy atom. The molecular weight excluding hydrogens is 378 g/mol. The molecule has 7 heteroatoms. The Kier molecular flexibility index (Phi) is 4.75. The minimum absolute atomic E-state index is 0.220. The monoisotopic (exact) mass is 405 g/mol. The van der Waals surface area contributed by atoms with Gasteiger partial charge in [0.2, 0.25) is 5.82 Å². The van der Waals surface area contributed by atoms with E-state index in [0.717, 1.165) is 16.7 Å². The van der Waals surface area contributed by atoms with Gasteiger partial charge in [0, 0.05) is 62.2 Å². The van der Waals surface area contributed by atoms with Gasteiger partial charge in [0.1, 0.15) is 18.1 Å². The molecule has 2 aromatic rings. The lowest BCUT2D eigenvalue weighted by atomic mass is 9.86. The molecule has 0 bridgehead atoms. The molecule has 1 aromatic carbocycles. The largest absolute Gasteiger partial charge is 0.621 e. The Hall–Kier alpha value is -3.03. The molecule has 2 aliphatic rings. The second-order valence-corrected chi connectivity index (χ2v) is 8.89. The number of aliphatic imine (C=N–C) groups is 1. The molecule has 1 unspecified atom stereocenters. The van der Waals surface area contributed by atoms with Crippen LogP contribution in [-0.4, -0.2) is 61.3 Å². The van der Waals surface area contributed by atoms with Crippen molar-refractivity contribution in [3.05, 3.63) is 64.6 Å². The molecule has 3 heterocycles. The van der Waals surface area contributed by atoms with Crippen molar-refractivity contribution in [3.63, 3.8) is 0 Å². The van der Waals surface area contributed by atoms with E-state index in [-0.39, 0.29) is 17.0 Å². The van der Waals surface area contributed by atoms with Crippen LogP contribution in [0.1, 0.15) is 35.5 Å². The van der Waals surface area contributed by atoms with Gasteiger partial charge in [-0.2, -0.15) is 4.98 Å². The Bertz CT molecular complexity index is 1070. The van der Waals surface area contributed by atoms with E-state index >= 15 is 0 Å². The summed E-state index contributed by atoms with van der Waals surface area (Å²) in [6.07, 6.45) is 3.87. The van der Waals surface area contributed by atoms with Gasteiger partial charge in [0.15, 0.2) is 0 Å². The predicted octanol–water partition coefficient (Wildman–Crippen LogP) is 3.53. The number of allylic oxidation sites excluding steroid dienone is 1. The number of hydroxylamine groups is 1. The van der Waals surface area contributed by atoms with Gasteiger partial charge in [-0.25, -0.2) is 0 Å². The van der Waals surface area contributed by atoms with E-state index in [1.807, 2.05) is 42.6 Å². The maximum absolute atomic E-state index is 14.3. The first-order valence-electron chi connectivity index (χ1n) is 9.97. The van der Waals surface area contributed by atoms with E-state index in [2.05, 4.69) is 23.8 Å². The number of pyridine rings is 1. The zero-order valence-corrected chi connectivity index (χ0v) is 18.1. The average molecular weight is 406 g/mol. The fourth-order valence-electron chi connectivity index (χ4n) is 4.22. The molecule has 4 rings (SSSR count). The van der Waals surface area contributed by atoms with Crippen LogP contribution in [0.15, 0.2) is 47.6 Å². The molecule has 156 valence electrons. The van der Waals surface area contributed by atoms with Gasteiger partial charge in [-0.1, -0.05) is 32.0 Å². The van der Waals surface area contributed by atoms with Gasteiger partial charge < -0.3 is 15.0 Å². The lowest BCUT2D eigenvalue weighted by molar-refractivity contribution is 0.0822. The van der Waals surface area contributed by atoms with Crippen molar-refractivity contribution in [2.75, 3.05) is 34.4 Å². The lowest BCUT2D eigenvalue weighted by Crippen LogP contribution is -2.40. The average Bonchev–Trinajstić information content (AvgIpc) is 2.93. The summed E-state index contributed by atoms with van der Waals surface area (Å²) in [7, 11) is 5.32. The van der Waals surface area contributed by atoms with Crippen LogP contribution in [0.5, 0.6) is 0 Å². The molecule has 0 saturated heterocycles. The van der Waals surface area contributed by atoms with Crippen molar-refractivity contribution in [1.29, 1.82) is 0 Å². The van der Waals surface area contributed by atoms with Gasteiger partial charge in [-0.3, -0.25) is 14.4 Å². The Balaban J connectivity index is 1.84. The summed E-state index contributed by atoms with van der Waals surface area (Å²) < 4.78 is -0.689. The fraction of sp³-hybridized carbons (Fsp3) is 0.348. The third-order valence-corrected chi connectivity index (χ3v) is 5.69. The molecule has 0 N–H and O–H groups in total. The molecule has 1 amide bonds. The van der Waals surface area contributed by atoms with Crippen LogP contribution in [0.3, 0.4) is 0 Å². The van der Waals surface area contributed by atoms with Crippen LogP contribution in [0, 0.1) is 5.21 Å². The van der Waals surface area contributed by atoms with Crippen LogP contribution in [0.2, 0.25) is 0 Å². The van der Waals surface area contributed by atoms with Gasteiger partial charge in [-0.15, -0.1) is 0 Å². The zero-order valence-electron chi connectivity index (χ0n) is 18.1. The number of hydrogen-bond acceptors (Lipinski definition) is 5. The number of quaternary nitrogens is 1. The van der Waals surface area contributed by atoms with Crippen LogP contribution < -0.4 is 4.65 Å². The molecule has 0 spiro atoms. The normalized spacial score (nSPS) is 21.9. The number of benzene rings is 1. The van der Waals surface area contributed by atoms with E-state index in [9.17, 15) is 10.0 Å². The summed E-state index contributed by atoms with van der Waals surface area (Å²) in [6.45, 7) is 5.10. The lowest BCUT2D eigenvalue weighted by Gasteiger charge is -2.38. The first kappa shape index (κ1) is 20.3. The highest BCUT2D eigenvalue weighted by atomic mass is 16.5. The molecule has 30 heavy (non-hydrogen) atoms. The maximum atomic E-state index is 14.3. The maximum Gasteiger partial charge on any atom is 0.272 e. The molecule has 0 aliphatic carbocycles. The van der Waals surface area contributed by atoms with Gasteiger partial charge in [0.25, 0.3) is 5.91 Å². The Morgan fingerprint density at radius 3 is 2.70 bits per heavy atom. The molecule has 2 aliphatic heterocycles. The summed E-state index contributed by atoms with van der Waals surface area (Å²) in [5.74, 6) is 0.109. The molecule has 1 atom stereocenters. The van der Waals surface area contributed by atoms with Crippen molar-refractivity contribution in [2.24, 2.45) is 4.99 Å². The molecule has 0 fully saturated rings. The van der Waals surface area contributed by atoms with Crippen molar-refractivity contribution in [2.45, 2.75) is 19.3 Å². The van der Waals surface area contributed by atoms with Gasteiger partial charge >= 0.3 is 0 Å². The predicted molar refractivity (Wildman–Crippen MR) is 121 cm³/mol. The third kappa shape index (κ3) is 3.30. The second kappa shape index (κ2) is 7.04. The number of carbonyl (C=O) groups excluding carboxylic acids is 1. The Morgan fingerprint density at radius 1 is 1.23 bits per heavy atom. The number of hydrogen-bond donors (Lipinski definition) is 0. The van der Waals surface area contributed by atoms with Crippen molar-refractivity contribution >= 4 is 29.2 Å². The first-order valence-corrected chi connectivity index (χ1v) is 9.97. The van der Waals surface area contributed by atoms with Crippen molar-refractivity contribution in [3.8, 4) is 0 Å². The number of aromatic nitrogens is 1. The Labute approximate surface area is 177 Å². The number of rotatable bonds is 3. The highest BCUT2D eigenvalue weighted by molar-refractivity contribution is 6.10. The van der Waals surface area contributed by atoms with E-state index in [1.54, 1.807) is 32.3 Å².